The molecule has 1 unspecified atom stereocenters. The second kappa shape index (κ2) is 6.37. The quantitative estimate of drug-likeness (QED) is 0.907. The number of benzene rings is 1. The molecule has 0 aliphatic rings. The average Bonchev–Trinajstić information content (AvgIpc) is 2.36. The van der Waals surface area contributed by atoms with Gasteiger partial charge in [0.2, 0.25) is 0 Å². The van der Waals surface area contributed by atoms with Crippen molar-refractivity contribution in [2.75, 3.05) is 6.54 Å². The van der Waals surface area contributed by atoms with Gasteiger partial charge in [-0.05, 0) is 30.3 Å². The van der Waals surface area contributed by atoms with E-state index in [0.717, 1.165) is 6.20 Å². The number of hydrogen-bond donors (Lipinski definition) is 1. The van der Waals surface area contributed by atoms with E-state index in [1.54, 1.807) is 6.92 Å². The van der Waals surface area contributed by atoms with E-state index in [4.69, 9.17) is 0 Å². The van der Waals surface area contributed by atoms with Crippen molar-refractivity contribution in [3.63, 3.8) is 0 Å². The van der Waals surface area contributed by atoms with Gasteiger partial charge in [0, 0.05) is 16.2 Å². The third kappa shape index (κ3) is 3.19. The first-order valence-electron chi connectivity index (χ1n) is 6.01. The van der Waals surface area contributed by atoms with Gasteiger partial charge in [0.05, 0.1) is 12.2 Å². The monoisotopic (exact) mass is 344 g/mol. The van der Waals surface area contributed by atoms with Gasteiger partial charge in [0.1, 0.15) is 17.5 Å². The zero-order valence-corrected chi connectivity index (χ0v) is 12.2. The summed E-state index contributed by atoms with van der Waals surface area (Å²) in [5, 5.41) is 2.94. The van der Waals surface area contributed by atoms with Gasteiger partial charge in [-0.25, -0.2) is 13.2 Å². The number of aromatic nitrogens is 1. The van der Waals surface area contributed by atoms with Gasteiger partial charge in [0.15, 0.2) is 0 Å². The zero-order valence-electron chi connectivity index (χ0n) is 10.6. The summed E-state index contributed by atoms with van der Waals surface area (Å²) in [4.78, 5) is 3.72. The molecule has 1 N–H and O–H groups in total. The first-order chi connectivity index (χ1) is 9.52. The molecule has 2 aromatic rings. The highest BCUT2D eigenvalue weighted by Crippen LogP contribution is 2.29. The molecule has 0 spiro atoms. The van der Waals surface area contributed by atoms with Crippen LogP contribution in [0.5, 0.6) is 0 Å². The van der Waals surface area contributed by atoms with Crippen LogP contribution < -0.4 is 5.32 Å². The average molecular weight is 345 g/mol. The van der Waals surface area contributed by atoms with E-state index in [2.05, 4.69) is 26.2 Å². The highest BCUT2D eigenvalue weighted by Gasteiger charge is 2.22. The Balaban J connectivity index is 2.54. The van der Waals surface area contributed by atoms with E-state index in [1.807, 2.05) is 0 Å². The van der Waals surface area contributed by atoms with E-state index in [9.17, 15) is 13.2 Å². The van der Waals surface area contributed by atoms with Crippen LogP contribution in [-0.4, -0.2) is 11.5 Å². The molecule has 0 aliphatic heterocycles. The molecule has 106 valence electrons. The normalized spacial score (nSPS) is 12.4. The third-order valence-corrected chi connectivity index (χ3v) is 3.26. The Morgan fingerprint density at radius 2 is 1.80 bits per heavy atom. The Labute approximate surface area is 123 Å². The molecule has 1 aromatic carbocycles. The second-order valence-corrected chi connectivity index (χ2v) is 5.13. The number of rotatable bonds is 4. The Morgan fingerprint density at radius 1 is 1.15 bits per heavy atom. The molecule has 0 saturated heterocycles. The van der Waals surface area contributed by atoms with Gasteiger partial charge in [-0.1, -0.05) is 22.9 Å². The number of halogens is 4. The predicted molar refractivity (Wildman–Crippen MR) is 73.8 cm³/mol. The smallest absolute Gasteiger partial charge is 0.141 e. The van der Waals surface area contributed by atoms with Crippen LogP contribution in [0.3, 0.4) is 0 Å². The van der Waals surface area contributed by atoms with E-state index < -0.39 is 23.5 Å². The Bertz CT molecular complexity index is 596. The highest BCUT2D eigenvalue weighted by molar-refractivity contribution is 9.10. The summed E-state index contributed by atoms with van der Waals surface area (Å²) in [6, 6.07) is 2.77. The van der Waals surface area contributed by atoms with Crippen LogP contribution in [0.4, 0.5) is 13.2 Å². The molecule has 20 heavy (non-hydrogen) atoms. The van der Waals surface area contributed by atoms with Crippen LogP contribution in [0.2, 0.25) is 0 Å². The van der Waals surface area contributed by atoms with Gasteiger partial charge in [-0.3, -0.25) is 4.98 Å². The fourth-order valence-corrected chi connectivity index (χ4v) is 2.41. The first kappa shape index (κ1) is 15.0. The largest absolute Gasteiger partial charge is 0.306 e. The maximum Gasteiger partial charge on any atom is 0.141 e. The molecule has 1 atom stereocenters. The molecule has 1 aromatic heterocycles. The fourth-order valence-electron chi connectivity index (χ4n) is 2.01. The van der Waals surface area contributed by atoms with Crippen LogP contribution in [-0.2, 0) is 0 Å². The van der Waals surface area contributed by atoms with Crippen LogP contribution >= 0.6 is 15.9 Å². The predicted octanol–water partition coefficient (Wildman–Crippen LogP) is 3.96. The standard InChI is InChI=1S/C14H12BrF3N2/c1-2-20-14(8-3-10(16)7-19-6-8)13-11(17)4-9(15)5-12(13)18/h3-7,14,20H,2H2,1H3. The number of nitrogens with zero attached hydrogens (tertiary/aromatic N) is 1. The minimum Gasteiger partial charge on any atom is -0.306 e. The van der Waals surface area contributed by atoms with Crippen LogP contribution in [0.25, 0.3) is 0 Å². The molecule has 0 aliphatic carbocycles. The van der Waals surface area contributed by atoms with Gasteiger partial charge in [-0.2, -0.15) is 0 Å². The van der Waals surface area contributed by atoms with Gasteiger partial charge in [0.25, 0.3) is 0 Å². The molecular weight excluding hydrogens is 333 g/mol. The Morgan fingerprint density at radius 3 is 2.35 bits per heavy atom. The van der Waals surface area contributed by atoms with Crippen molar-refractivity contribution in [3.05, 3.63) is 63.6 Å². The molecule has 0 amide bonds. The maximum atomic E-state index is 14.0. The maximum absolute atomic E-state index is 14.0. The van der Waals surface area contributed by atoms with Crippen LogP contribution in [0, 0.1) is 17.5 Å². The zero-order chi connectivity index (χ0) is 14.7. The highest BCUT2D eigenvalue weighted by atomic mass is 79.9. The summed E-state index contributed by atoms with van der Waals surface area (Å²) in [5.74, 6) is -1.96. The minimum atomic E-state index is -0.795. The molecule has 1 heterocycles. The Kier molecular flexibility index (Phi) is 4.77. The van der Waals surface area contributed by atoms with Crippen molar-refractivity contribution in [2.45, 2.75) is 13.0 Å². The molecule has 0 radical (unpaired) electrons. The lowest BCUT2D eigenvalue weighted by Gasteiger charge is -2.20. The van der Waals surface area contributed by atoms with E-state index >= 15 is 0 Å². The Hall–Kier alpha value is -1.40. The van der Waals surface area contributed by atoms with Crippen molar-refractivity contribution in [2.24, 2.45) is 0 Å². The van der Waals surface area contributed by atoms with Crippen molar-refractivity contribution in [3.8, 4) is 0 Å². The van der Waals surface area contributed by atoms with Gasteiger partial charge < -0.3 is 5.32 Å². The lowest BCUT2D eigenvalue weighted by Crippen LogP contribution is -2.24. The number of nitrogens with one attached hydrogen (secondary N) is 1. The topological polar surface area (TPSA) is 24.9 Å². The lowest BCUT2D eigenvalue weighted by molar-refractivity contribution is 0.506. The molecule has 6 heteroatoms. The summed E-state index contributed by atoms with van der Waals surface area (Å²) >= 11 is 3.03. The summed E-state index contributed by atoms with van der Waals surface area (Å²) in [5.41, 5.74) is 0.217. The van der Waals surface area contributed by atoms with Crippen molar-refractivity contribution < 1.29 is 13.2 Å². The molecule has 2 nitrogen and oxygen atoms in total. The fraction of sp³-hybridized carbons (Fsp3) is 0.214. The summed E-state index contributed by atoms with van der Waals surface area (Å²) in [6.45, 7) is 2.27. The van der Waals surface area contributed by atoms with Crippen molar-refractivity contribution >= 4 is 15.9 Å². The molecule has 0 bridgehead atoms. The number of pyridine rings is 1. The van der Waals surface area contributed by atoms with E-state index in [1.165, 1.54) is 24.4 Å². The van der Waals surface area contributed by atoms with Crippen molar-refractivity contribution in [1.82, 2.24) is 10.3 Å². The molecule has 2 rings (SSSR count). The SMILES string of the molecule is CCNC(c1cncc(F)c1)c1c(F)cc(Br)cc1F. The van der Waals surface area contributed by atoms with Gasteiger partial charge in [-0.15, -0.1) is 0 Å². The first-order valence-corrected chi connectivity index (χ1v) is 6.80. The summed E-state index contributed by atoms with van der Waals surface area (Å²) < 4.78 is 41.7. The molecule has 0 fully saturated rings. The van der Waals surface area contributed by atoms with Crippen molar-refractivity contribution in [1.29, 1.82) is 0 Å². The summed E-state index contributed by atoms with van der Waals surface area (Å²) in [7, 11) is 0. The van der Waals surface area contributed by atoms with Crippen LogP contribution in [0.1, 0.15) is 24.1 Å². The summed E-state index contributed by atoms with van der Waals surface area (Å²) in [6.07, 6.45) is 2.43. The van der Waals surface area contributed by atoms with Crippen LogP contribution in [0.15, 0.2) is 35.1 Å². The third-order valence-electron chi connectivity index (χ3n) is 2.80. The van der Waals surface area contributed by atoms with E-state index in [0.29, 0.717) is 16.6 Å². The van der Waals surface area contributed by atoms with E-state index in [-0.39, 0.29) is 5.56 Å². The second-order valence-electron chi connectivity index (χ2n) is 4.21. The molecular formula is C14H12BrF3N2. The lowest BCUT2D eigenvalue weighted by atomic mass is 9.99. The minimum absolute atomic E-state index is 0.151. The van der Waals surface area contributed by atoms with Gasteiger partial charge >= 0.3 is 0 Å². The number of hydrogen-bond acceptors (Lipinski definition) is 2. The molecule has 0 saturated carbocycles.